The molecule has 0 aliphatic carbocycles. The van der Waals surface area contributed by atoms with Crippen molar-refractivity contribution in [1.82, 2.24) is 20.1 Å². The highest BCUT2D eigenvalue weighted by Gasteiger charge is 2.38. The van der Waals surface area contributed by atoms with Crippen LogP contribution in [-0.4, -0.2) is 73.9 Å². The summed E-state index contributed by atoms with van der Waals surface area (Å²) in [6.07, 6.45) is 2.43. The number of thioether (sulfide) groups is 1. The van der Waals surface area contributed by atoms with E-state index in [-0.39, 0.29) is 37.0 Å². The first-order chi connectivity index (χ1) is 20.7. The van der Waals surface area contributed by atoms with Crippen LogP contribution in [0.25, 0.3) is 0 Å². The predicted octanol–water partition coefficient (Wildman–Crippen LogP) is 4.74. The molecule has 3 rings (SSSR count). The van der Waals surface area contributed by atoms with Gasteiger partial charge in [0.25, 0.3) is 11.8 Å². The van der Waals surface area contributed by atoms with Crippen molar-refractivity contribution in [3.63, 3.8) is 0 Å². The van der Waals surface area contributed by atoms with Crippen LogP contribution in [0.2, 0.25) is 0 Å². The van der Waals surface area contributed by atoms with Gasteiger partial charge in [-0.15, -0.1) is 0 Å². The quantitative estimate of drug-likeness (QED) is 0.323. The maximum atomic E-state index is 13.9. The number of carbonyl (C=O) groups is 6. The highest BCUT2D eigenvalue weighted by Crippen LogP contribution is 2.26. The molecule has 2 heterocycles. The fraction of sp³-hybridized carbons (Fsp3) is 0.469. The number of nitrogens with one attached hydrogen (secondary N) is 2. The smallest absolute Gasteiger partial charge is 0.324 e. The number of hydrogen-bond acceptors (Lipinski definition) is 8. The van der Waals surface area contributed by atoms with Crippen LogP contribution < -0.4 is 10.6 Å². The number of benzene rings is 1. The maximum Gasteiger partial charge on any atom is 0.324 e. The van der Waals surface area contributed by atoms with Crippen LogP contribution in [0.4, 0.5) is 10.6 Å². The zero-order valence-electron chi connectivity index (χ0n) is 26.1. The van der Waals surface area contributed by atoms with Crippen LogP contribution in [0.5, 0.6) is 0 Å². The molecule has 1 aromatic carbocycles. The van der Waals surface area contributed by atoms with Crippen molar-refractivity contribution in [2.45, 2.75) is 72.1 Å². The second kappa shape index (κ2) is 15.1. The number of hydrogen-bond donors (Lipinski definition) is 2. The first-order valence-electron chi connectivity index (χ1n) is 14.7. The second-order valence-corrected chi connectivity index (χ2v) is 13.6. The number of anilines is 1. The molecule has 0 saturated heterocycles. The SMILES string of the molecule is CC(=O)S[C@@H](CCCN1C(=O)c2ccccc2C1=O)C(=O)N(CCC(C)C)C(=O)N[C@H](C(=O)Nc1ccccn1)C(C)(C)C. The van der Waals surface area contributed by atoms with Crippen LogP contribution >= 0.6 is 11.8 Å². The van der Waals surface area contributed by atoms with Gasteiger partial charge in [0.05, 0.1) is 16.4 Å². The molecule has 1 aromatic heterocycles. The molecule has 1 aliphatic rings. The average molecular weight is 624 g/mol. The number of amides is 6. The number of pyridine rings is 1. The highest BCUT2D eigenvalue weighted by molar-refractivity contribution is 8.14. The Labute approximate surface area is 262 Å². The third-order valence-electron chi connectivity index (χ3n) is 7.06. The Bertz CT molecular complexity index is 1360. The van der Waals surface area contributed by atoms with E-state index < -0.39 is 46.4 Å². The van der Waals surface area contributed by atoms with Crippen LogP contribution in [0.3, 0.4) is 0 Å². The van der Waals surface area contributed by atoms with Crippen molar-refractivity contribution in [1.29, 1.82) is 0 Å². The summed E-state index contributed by atoms with van der Waals surface area (Å²) in [7, 11) is 0. The molecular weight excluding hydrogens is 582 g/mol. The fourth-order valence-corrected chi connectivity index (χ4v) is 5.61. The van der Waals surface area contributed by atoms with E-state index in [1.54, 1.807) is 63.2 Å². The molecule has 0 unspecified atom stereocenters. The molecular formula is C32H41N5O6S. The van der Waals surface area contributed by atoms with Gasteiger partial charge in [0.2, 0.25) is 11.8 Å². The molecule has 0 saturated carbocycles. The first kappa shape index (κ1) is 34.4. The summed E-state index contributed by atoms with van der Waals surface area (Å²) in [6, 6.07) is 9.88. The number of rotatable bonds is 12. The summed E-state index contributed by atoms with van der Waals surface area (Å²) < 4.78 is 0. The van der Waals surface area contributed by atoms with Crippen molar-refractivity contribution in [3.05, 3.63) is 59.8 Å². The van der Waals surface area contributed by atoms with Gasteiger partial charge in [-0.05, 0) is 54.9 Å². The Morgan fingerprint density at radius 3 is 2.09 bits per heavy atom. The zero-order valence-corrected chi connectivity index (χ0v) is 26.9. The number of urea groups is 1. The summed E-state index contributed by atoms with van der Waals surface area (Å²) in [6.45, 7) is 10.8. The van der Waals surface area contributed by atoms with Gasteiger partial charge in [-0.2, -0.15) is 0 Å². The third kappa shape index (κ3) is 8.98. The van der Waals surface area contributed by atoms with E-state index in [4.69, 9.17) is 0 Å². The monoisotopic (exact) mass is 623 g/mol. The van der Waals surface area contributed by atoms with Crippen molar-refractivity contribution in [2.24, 2.45) is 11.3 Å². The molecule has 6 amide bonds. The third-order valence-corrected chi connectivity index (χ3v) is 8.12. The molecule has 1 aliphatic heterocycles. The second-order valence-electron chi connectivity index (χ2n) is 12.2. The van der Waals surface area contributed by atoms with Gasteiger partial charge < -0.3 is 10.6 Å². The predicted molar refractivity (Wildman–Crippen MR) is 169 cm³/mol. The molecule has 12 heteroatoms. The number of aromatic nitrogens is 1. The lowest BCUT2D eigenvalue weighted by Crippen LogP contribution is -2.57. The Balaban J connectivity index is 1.77. The van der Waals surface area contributed by atoms with Gasteiger partial charge in [-0.3, -0.25) is 33.8 Å². The number of nitrogens with zero attached hydrogens (tertiary/aromatic N) is 3. The largest absolute Gasteiger partial charge is 0.325 e. The molecule has 0 spiro atoms. The van der Waals surface area contributed by atoms with Gasteiger partial charge in [0.15, 0.2) is 5.12 Å². The van der Waals surface area contributed by atoms with Crippen molar-refractivity contribution in [3.8, 4) is 0 Å². The fourth-order valence-electron chi connectivity index (χ4n) is 4.69. The van der Waals surface area contributed by atoms with Crippen molar-refractivity contribution < 1.29 is 28.8 Å². The van der Waals surface area contributed by atoms with Crippen LogP contribution in [0, 0.1) is 11.3 Å². The Hall–Kier alpha value is -4.06. The summed E-state index contributed by atoms with van der Waals surface area (Å²) in [5.74, 6) is -1.38. The van der Waals surface area contributed by atoms with Gasteiger partial charge in [-0.25, -0.2) is 9.78 Å². The summed E-state index contributed by atoms with van der Waals surface area (Å²) in [5, 5.41) is 4.22. The summed E-state index contributed by atoms with van der Waals surface area (Å²) in [4.78, 5) is 84.9. The van der Waals surface area contributed by atoms with E-state index in [0.717, 1.165) is 21.6 Å². The molecule has 11 nitrogen and oxygen atoms in total. The standard InChI is InChI=1S/C32H41N5O6S/c1-20(2)16-19-37(31(43)35-26(32(4,5)6)27(39)34-25-15-9-10-17-33-25)30(42)24(44-21(3)38)14-11-18-36-28(40)22-12-7-8-13-23(22)29(36)41/h7-10,12-13,15,17,20,24,26H,11,14,16,18-19H2,1-6H3,(H,35,43)(H,33,34,39)/t24-,26+/m0/s1. The highest BCUT2D eigenvalue weighted by atomic mass is 32.2. The maximum absolute atomic E-state index is 13.9. The Kier molecular flexibility index (Phi) is 11.8. The minimum Gasteiger partial charge on any atom is -0.325 e. The van der Waals surface area contributed by atoms with E-state index >= 15 is 0 Å². The van der Waals surface area contributed by atoms with E-state index in [1.165, 1.54) is 13.1 Å². The van der Waals surface area contributed by atoms with E-state index in [9.17, 15) is 28.8 Å². The molecule has 44 heavy (non-hydrogen) atoms. The minimum atomic E-state index is -1.01. The summed E-state index contributed by atoms with van der Waals surface area (Å²) in [5.41, 5.74) is -0.0539. The van der Waals surface area contributed by atoms with Crippen molar-refractivity contribution >= 4 is 52.4 Å². The molecule has 2 aromatic rings. The zero-order chi connectivity index (χ0) is 32.6. The van der Waals surface area contributed by atoms with Gasteiger partial charge in [0, 0.05) is 26.2 Å². The molecule has 2 atom stereocenters. The van der Waals surface area contributed by atoms with E-state index in [1.807, 2.05) is 13.8 Å². The van der Waals surface area contributed by atoms with E-state index in [0.29, 0.717) is 23.4 Å². The minimum absolute atomic E-state index is 0.0621. The van der Waals surface area contributed by atoms with Crippen LogP contribution in [0.15, 0.2) is 48.7 Å². The molecule has 236 valence electrons. The lowest BCUT2D eigenvalue weighted by Gasteiger charge is -2.33. The van der Waals surface area contributed by atoms with E-state index in [2.05, 4.69) is 15.6 Å². The first-order valence-corrected chi connectivity index (χ1v) is 15.5. The lowest BCUT2D eigenvalue weighted by molar-refractivity contribution is -0.128. The van der Waals surface area contributed by atoms with Gasteiger partial charge in [-0.1, -0.05) is 64.6 Å². The topological polar surface area (TPSA) is 146 Å². The number of fused-ring (bicyclic) bond motifs is 1. The molecule has 0 fully saturated rings. The normalized spacial score (nSPS) is 14.2. The lowest BCUT2D eigenvalue weighted by atomic mass is 9.86. The Morgan fingerprint density at radius 2 is 1.57 bits per heavy atom. The van der Waals surface area contributed by atoms with Gasteiger partial charge >= 0.3 is 6.03 Å². The average Bonchev–Trinajstić information content (AvgIpc) is 3.19. The van der Waals surface area contributed by atoms with Crippen LogP contribution in [-0.2, 0) is 14.4 Å². The van der Waals surface area contributed by atoms with Gasteiger partial charge in [0.1, 0.15) is 11.9 Å². The number of carbonyl (C=O) groups excluding carboxylic acids is 6. The van der Waals surface area contributed by atoms with Crippen LogP contribution in [0.1, 0.15) is 81.5 Å². The molecule has 2 N–H and O–H groups in total. The van der Waals surface area contributed by atoms with Crippen molar-refractivity contribution in [2.75, 3.05) is 18.4 Å². The summed E-state index contributed by atoms with van der Waals surface area (Å²) >= 11 is 0.806. The number of imide groups is 2. The molecule has 0 bridgehead atoms. The molecule has 0 radical (unpaired) electrons. The Morgan fingerprint density at radius 1 is 0.955 bits per heavy atom.